The van der Waals surface area contributed by atoms with Crippen LogP contribution in [0.15, 0.2) is 71.0 Å². The minimum atomic E-state index is -3.86. The zero-order valence-electron chi connectivity index (χ0n) is 18.1. The SMILES string of the molecule is C=CC(=O)Nc1ccc(S(=O)(=O)[N-]c2ccccc2[S-])cc1.[CH2]CCC.[CH2]CCC.[Sn+2]. The van der Waals surface area contributed by atoms with Crippen LogP contribution in [0.3, 0.4) is 0 Å². The van der Waals surface area contributed by atoms with Crippen LogP contribution in [0.5, 0.6) is 0 Å². The van der Waals surface area contributed by atoms with E-state index in [1.807, 2.05) is 0 Å². The molecule has 2 aromatic rings. The Bertz CT molecular complexity index is 863. The molecule has 0 heterocycles. The smallest absolute Gasteiger partial charge is 0.781 e. The van der Waals surface area contributed by atoms with Gasteiger partial charge in [-0.1, -0.05) is 84.2 Å². The number of unbranched alkanes of at least 4 members (excludes halogenated alkanes) is 2. The van der Waals surface area contributed by atoms with Crippen molar-refractivity contribution in [1.82, 2.24) is 0 Å². The molecule has 0 aromatic heterocycles. The molecular formula is C23H30N2O3S2Sn. The van der Waals surface area contributed by atoms with E-state index in [-0.39, 0.29) is 40.4 Å². The van der Waals surface area contributed by atoms with Crippen LogP contribution in [0, 0.1) is 13.8 Å². The van der Waals surface area contributed by atoms with Gasteiger partial charge >= 0.3 is 23.9 Å². The minimum absolute atomic E-state index is 0. The second-order valence-electron chi connectivity index (χ2n) is 5.96. The van der Waals surface area contributed by atoms with E-state index in [9.17, 15) is 13.2 Å². The molecule has 0 spiro atoms. The second kappa shape index (κ2) is 18.0. The molecular weight excluding hydrogens is 535 g/mol. The van der Waals surface area contributed by atoms with Crippen molar-refractivity contribution in [2.75, 3.05) is 5.32 Å². The molecule has 166 valence electrons. The first kappa shape index (κ1) is 31.6. The number of carbonyl (C=O) groups excluding carboxylic acids is 1. The summed E-state index contributed by atoms with van der Waals surface area (Å²) in [5, 5.41) is 2.53. The molecule has 0 atom stereocenters. The Labute approximate surface area is 210 Å². The number of benzene rings is 2. The molecule has 5 nitrogen and oxygen atoms in total. The maximum absolute atomic E-state index is 12.2. The van der Waals surface area contributed by atoms with Crippen LogP contribution in [0.25, 0.3) is 4.72 Å². The normalized spacial score (nSPS) is 9.55. The Hall–Kier alpha value is -1.58. The predicted octanol–water partition coefficient (Wildman–Crippen LogP) is 5.97. The summed E-state index contributed by atoms with van der Waals surface area (Å²) < 4.78 is 28.2. The van der Waals surface area contributed by atoms with Crippen LogP contribution in [-0.2, 0) is 27.4 Å². The van der Waals surface area contributed by atoms with Gasteiger partial charge in [0.2, 0.25) is 5.91 Å². The van der Waals surface area contributed by atoms with E-state index >= 15 is 0 Å². The van der Waals surface area contributed by atoms with Crippen molar-refractivity contribution in [1.29, 1.82) is 0 Å². The fraction of sp³-hybridized carbons (Fsp3) is 0.261. The molecule has 4 radical (unpaired) electrons. The first-order valence-electron chi connectivity index (χ1n) is 9.61. The summed E-state index contributed by atoms with van der Waals surface area (Å²) >= 11 is 5.04. The van der Waals surface area contributed by atoms with Gasteiger partial charge in [0, 0.05) is 5.69 Å². The van der Waals surface area contributed by atoms with E-state index in [1.54, 1.807) is 24.3 Å². The number of hydrogen-bond acceptors (Lipinski definition) is 4. The number of nitrogens with one attached hydrogen (secondary N) is 1. The van der Waals surface area contributed by atoms with Crippen molar-refractivity contribution < 1.29 is 13.2 Å². The quantitative estimate of drug-likeness (QED) is 0.255. The van der Waals surface area contributed by atoms with Crippen molar-refractivity contribution >= 4 is 63.8 Å². The molecule has 0 saturated heterocycles. The first-order valence-corrected chi connectivity index (χ1v) is 11.5. The van der Waals surface area contributed by atoms with Gasteiger partial charge in [-0.25, -0.2) is 8.42 Å². The molecule has 31 heavy (non-hydrogen) atoms. The monoisotopic (exact) mass is 566 g/mol. The summed E-state index contributed by atoms with van der Waals surface area (Å²) in [6.45, 7) is 14.8. The van der Waals surface area contributed by atoms with Crippen LogP contribution in [0.1, 0.15) is 39.5 Å². The van der Waals surface area contributed by atoms with Gasteiger partial charge < -0.3 is 22.7 Å². The number of carbonyl (C=O) groups is 1. The van der Waals surface area contributed by atoms with Crippen molar-refractivity contribution in [2.24, 2.45) is 0 Å². The molecule has 2 aromatic carbocycles. The Balaban J connectivity index is 0. The van der Waals surface area contributed by atoms with Crippen molar-refractivity contribution in [2.45, 2.75) is 49.3 Å². The van der Waals surface area contributed by atoms with E-state index in [1.165, 1.54) is 37.1 Å². The van der Waals surface area contributed by atoms with Gasteiger partial charge in [0.25, 0.3) is 0 Å². The summed E-state index contributed by atoms with van der Waals surface area (Å²) in [6.07, 6.45) is 5.68. The summed E-state index contributed by atoms with van der Waals surface area (Å²) in [5.41, 5.74) is 0.689. The number of hydrogen-bond donors (Lipinski definition) is 1. The fourth-order valence-electron chi connectivity index (χ4n) is 1.62. The Morgan fingerprint density at radius 1 is 1.03 bits per heavy atom. The summed E-state index contributed by atoms with van der Waals surface area (Å²) in [7, 11) is -3.86. The molecule has 0 saturated carbocycles. The summed E-state index contributed by atoms with van der Waals surface area (Å²) in [5.74, 6) is -0.375. The molecule has 0 bridgehead atoms. The first-order chi connectivity index (χ1) is 14.2. The molecule has 1 amide bonds. The number of nitrogens with zero attached hydrogens (tertiary/aromatic N) is 1. The molecule has 0 unspecified atom stereocenters. The fourth-order valence-corrected chi connectivity index (χ4v) is 2.87. The van der Waals surface area contributed by atoms with E-state index in [0.717, 1.165) is 18.9 Å². The predicted molar refractivity (Wildman–Crippen MR) is 134 cm³/mol. The third-order valence-electron chi connectivity index (χ3n) is 3.40. The van der Waals surface area contributed by atoms with E-state index in [4.69, 9.17) is 12.6 Å². The van der Waals surface area contributed by atoms with Crippen LogP contribution in [0.2, 0.25) is 0 Å². The summed E-state index contributed by atoms with van der Waals surface area (Å²) in [4.78, 5) is 11.5. The van der Waals surface area contributed by atoms with Gasteiger partial charge in [-0.2, -0.15) is 4.90 Å². The maximum Gasteiger partial charge on any atom is 2.00 e. The maximum atomic E-state index is 12.2. The van der Waals surface area contributed by atoms with Crippen LogP contribution < -0.4 is 5.32 Å². The molecule has 0 aliphatic heterocycles. The average molecular weight is 565 g/mol. The Morgan fingerprint density at radius 3 is 1.94 bits per heavy atom. The van der Waals surface area contributed by atoms with Gasteiger partial charge in [0.1, 0.15) is 10.0 Å². The second-order valence-corrected chi connectivity index (χ2v) is 8.00. The van der Waals surface area contributed by atoms with Crippen molar-refractivity contribution in [3.8, 4) is 0 Å². The third-order valence-corrected chi connectivity index (χ3v) is 5.05. The number of rotatable bonds is 7. The largest absolute Gasteiger partial charge is 2.00 e. The third kappa shape index (κ3) is 13.4. The zero-order chi connectivity index (χ0) is 23.0. The van der Waals surface area contributed by atoms with Crippen molar-refractivity contribution in [3.05, 3.63) is 79.8 Å². The van der Waals surface area contributed by atoms with Crippen LogP contribution >= 0.6 is 0 Å². The minimum Gasteiger partial charge on any atom is -0.781 e. The van der Waals surface area contributed by atoms with E-state index in [0.29, 0.717) is 10.6 Å². The van der Waals surface area contributed by atoms with Gasteiger partial charge in [0.15, 0.2) is 0 Å². The number of anilines is 1. The van der Waals surface area contributed by atoms with Gasteiger partial charge in [-0.15, -0.1) is 5.69 Å². The average Bonchev–Trinajstić information content (AvgIpc) is 2.76. The molecule has 0 aliphatic rings. The zero-order valence-corrected chi connectivity index (χ0v) is 22.6. The molecule has 1 N–H and O–H groups in total. The van der Waals surface area contributed by atoms with E-state index in [2.05, 4.69) is 44.3 Å². The summed E-state index contributed by atoms with van der Waals surface area (Å²) in [6, 6.07) is 12.2. The van der Waals surface area contributed by atoms with Crippen molar-refractivity contribution in [3.63, 3.8) is 0 Å². The van der Waals surface area contributed by atoms with Gasteiger partial charge in [-0.05, 0) is 30.3 Å². The molecule has 8 heteroatoms. The molecule has 0 fully saturated rings. The topological polar surface area (TPSA) is 77.3 Å². The number of amides is 1. The molecule has 0 aliphatic carbocycles. The Kier molecular flexibility index (Phi) is 18.4. The number of sulfonamides is 1. The van der Waals surface area contributed by atoms with Crippen LogP contribution in [-0.4, -0.2) is 38.2 Å². The Morgan fingerprint density at radius 2 is 1.52 bits per heavy atom. The molecule has 2 rings (SSSR count). The van der Waals surface area contributed by atoms with E-state index < -0.39 is 10.0 Å². The standard InChI is InChI=1S/C15H13N2O3S2.2C4H9.Sn/c1-2-15(18)16-11-7-9-12(10-8-11)22(19,20)17-13-5-3-4-6-14(13)21;2*1-3-4-2;/h2-10,21H,1H2,(H,16,18);2*1,3-4H2,2H3;/q-1;;;+2/p-1. The van der Waals surface area contributed by atoms with Crippen LogP contribution in [0.4, 0.5) is 11.4 Å². The van der Waals surface area contributed by atoms with Gasteiger partial charge in [-0.3, -0.25) is 4.79 Å². The van der Waals surface area contributed by atoms with Gasteiger partial charge in [0.05, 0.1) is 4.90 Å².